The van der Waals surface area contributed by atoms with E-state index < -0.39 is 4.92 Å². The fourth-order valence-corrected chi connectivity index (χ4v) is 2.71. The molecule has 1 heterocycles. The topological polar surface area (TPSA) is 99.9 Å². The zero-order valence-electron chi connectivity index (χ0n) is 12.3. The number of nitro benzene ring substituents is 1. The molecule has 21 heavy (non-hydrogen) atoms. The van der Waals surface area contributed by atoms with Crippen LogP contribution in [0.15, 0.2) is 28.3 Å². The molecule has 112 valence electrons. The second-order valence-electron chi connectivity index (χ2n) is 5.73. The maximum absolute atomic E-state index is 10.8. The minimum absolute atomic E-state index is 0.101. The number of nitrogen functional groups attached to an aromatic ring is 1. The van der Waals surface area contributed by atoms with Gasteiger partial charge in [0.1, 0.15) is 0 Å². The number of aryl methyl sites for hydroxylation is 1. The number of rotatable bonds is 3. The van der Waals surface area contributed by atoms with Gasteiger partial charge in [0, 0.05) is 21.9 Å². The van der Waals surface area contributed by atoms with Crippen LogP contribution in [0.25, 0.3) is 0 Å². The maximum atomic E-state index is 10.8. The number of nitrogens with two attached hydrogens (primary N) is 1. The lowest BCUT2D eigenvalue weighted by Crippen LogP contribution is -2.24. The second kappa shape index (κ2) is 5.36. The van der Waals surface area contributed by atoms with Crippen molar-refractivity contribution >= 4 is 17.4 Å². The average molecular weight is 307 g/mol. The van der Waals surface area contributed by atoms with Gasteiger partial charge in [-0.15, -0.1) is 10.2 Å². The summed E-state index contributed by atoms with van der Waals surface area (Å²) < 4.78 is 1.46. The molecule has 2 aromatic rings. The lowest BCUT2D eigenvalue weighted by molar-refractivity contribution is -0.385. The second-order valence-corrected chi connectivity index (χ2v) is 6.77. The van der Waals surface area contributed by atoms with Crippen LogP contribution in [0.1, 0.15) is 32.2 Å². The van der Waals surface area contributed by atoms with E-state index in [4.69, 9.17) is 5.84 Å². The molecule has 0 fully saturated rings. The number of aromatic nitrogens is 3. The Bertz CT molecular complexity index is 690. The number of benzene rings is 1. The molecule has 7 nitrogen and oxygen atoms in total. The zero-order valence-corrected chi connectivity index (χ0v) is 13.1. The molecule has 1 aromatic carbocycles. The van der Waals surface area contributed by atoms with E-state index in [0.29, 0.717) is 16.5 Å². The molecule has 0 unspecified atom stereocenters. The van der Waals surface area contributed by atoms with Gasteiger partial charge >= 0.3 is 0 Å². The predicted molar refractivity (Wildman–Crippen MR) is 80.8 cm³/mol. The lowest BCUT2D eigenvalue weighted by atomic mass is 9.96. The van der Waals surface area contributed by atoms with Crippen molar-refractivity contribution in [3.8, 4) is 0 Å². The Morgan fingerprint density at radius 2 is 2.00 bits per heavy atom. The smallest absolute Gasteiger partial charge is 0.272 e. The Balaban J connectivity index is 2.29. The Labute approximate surface area is 126 Å². The van der Waals surface area contributed by atoms with Crippen LogP contribution in [-0.4, -0.2) is 19.8 Å². The Morgan fingerprint density at radius 1 is 1.33 bits per heavy atom. The van der Waals surface area contributed by atoms with Crippen LogP contribution in [0.2, 0.25) is 0 Å². The summed E-state index contributed by atoms with van der Waals surface area (Å²) in [4.78, 5) is 11.2. The molecule has 0 aliphatic rings. The Morgan fingerprint density at radius 3 is 2.48 bits per heavy atom. The molecule has 0 saturated carbocycles. The van der Waals surface area contributed by atoms with E-state index in [1.165, 1.54) is 22.5 Å². The van der Waals surface area contributed by atoms with Crippen LogP contribution < -0.4 is 5.84 Å². The van der Waals surface area contributed by atoms with Gasteiger partial charge in [0.05, 0.1) is 4.92 Å². The summed E-state index contributed by atoms with van der Waals surface area (Å²) in [6.45, 7) is 7.72. The molecule has 0 radical (unpaired) electrons. The molecule has 2 N–H and O–H groups in total. The van der Waals surface area contributed by atoms with Crippen molar-refractivity contribution in [3.05, 3.63) is 39.7 Å². The summed E-state index contributed by atoms with van der Waals surface area (Å²) >= 11 is 1.33. The van der Waals surface area contributed by atoms with E-state index in [1.807, 2.05) is 20.8 Å². The monoisotopic (exact) mass is 307 g/mol. The van der Waals surface area contributed by atoms with Gasteiger partial charge in [-0.1, -0.05) is 20.8 Å². The number of nitrogens with zero attached hydrogens (tertiary/aromatic N) is 4. The van der Waals surface area contributed by atoms with Gasteiger partial charge < -0.3 is 5.84 Å². The van der Waals surface area contributed by atoms with Crippen LogP contribution in [0.3, 0.4) is 0 Å². The highest BCUT2D eigenvalue weighted by Gasteiger charge is 2.23. The summed E-state index contributed by atoms with van der Waals surface area (Å²) in [6, 6.07) is 4.91. The first kappa shape index (κ1) is 15.3. The zero-order chi connectivity index (χ0) is 15.8. The van der Waals surface area contributed by atoms with Crippen molar-refractivity contribution in [3.63, 3.8) is 0 Å². The van der Waals surface area contributed by atoms with Crippen LogP contribution in [-0.2, 0) is 5.41 Å². The van der Waals surface area contributed by atoms with E-state index in [2.05, 4.69) is 10.2 Å². The van der Waals surface area contributed by atoms with Gasteiger partial charge in [0.25, 0.3) is 5.69 Å². The normalized spacial score (nSPS) is 11.6. The van der Waals surface area contributed by atoms with E-state index >= 15 is 0 Å². The summed E-state index contributed by atoms with van der Waals surface area (Å²) in [5, 5.41) is 19.6. The predicted octanol–water partition coefficient (Wildman–Crippen LogP) is 2.66. The molecule has 2 rings (SSSR count). The highest BCUT2D eigenvalue weighted by Crippen LogP contribution is 2.31. The van der Waals surface area contributed by atoms with Crippen molar-refractivity contribution in [2.75, 3.05) is 5.84 Å². The van der Waals surface area contributed by atoms with Crippen LogP contribution in [0.5, 0.6) is 0 Å². The largest absolute Gasteiger partial charge is 0.336 e. The van der Waals surface area contributed by atoms with Gasteiger partial charge in [-0.25, -0.2) is 4.68 Å². The fourth-order valence-electron chi connectivity index (χ4n) is 1.86. The lowest BCUT2D eigenvalue weighted by Gasteiger charge is -2.16. The third kappa shape index (κ3) is 3.15. The molecule has 0 aliphatic heterocycles. The first-order chi connectivity index (χ1) is 9.70. The molecule has 0 aliphatic carbocycles. The summed E-state index contributed by atoms with van der Waals surface area (Å²) in [7, 11) is 0. The first-order valence-corrected chi connectivity index (χ1v) is 7.15. The average Bonchev–Trinajstić information content (AvgIpc) is 2.70. The Hall–Kier alpha value is -2.09. The van der Waals surface area contributed by atoms with Crippen LogP contribution in [0.4, 0.5) is 5.69 Å². The van der Waals surface area contributed by atoms with Crippen molar-refractivity contribution in [2.45, 2.75) is 43.2 Å². The quantitative estimate of drug-likeness (QED) is 0.531. The third-order valence-electron chi connectivity index (χ3n) is 2.91. The van der Waals surface area contributed by atoms with Gasteiger partial charge in [-0.05, 0) is 30.8 Å². The molecular formula is C13H17N5O2S. The molecule has 0 bridgehead atoms. The van der Waals surface area contributed by atoms with E-state index in [-0.39, 0.29) is 11.1 Å². The molecular weight excluding hydrogens is 290 g/mol. The summed E-state index contributed by atoms with van der Waals surface area (Å²) in [5.74, 6) is 6.70. The molecule has 1 aromatic heterocycles. The molecule has 0 saturated heterocycles. The van der Waals surface area contributed by atoms with E-state index in [9.17, 15) is 10.1 Å². The van der Waals surface area contributed by atoms with Gasteiger partial charge in [-0.2, -0.15) is 0 Å². The van der Waals surface area contributed by atoms with E-state index in [0.717, 1.165) is 4.90 Å². The molecule has 0 atom stereocenters. The van der Waals surface area contributed by atoms with Gasteiger partial charge in [-0.3, -0.25) is 10.1 Å². The standard InChI is InChI=1S/C13H17N5O2S/c1-8-7-9(5-6-10(8)18(19)20)21-12-16-15-11(17(12)14)13(2,3)4/h5-7H,14H2,1-4H3. The van der Waals surface area contributed by atoms with E-state index in [1.54, 1.807) is 19.1 Å². The summed E-state index contributed by atoms with van der Waals surface area (Å²) in [5.41, 5.74) is 0.499. The number of nitro groups is 1. The molecule has 8 heteroatoms. The Kier molecular flexibility index (Phi) is 3.91. The molecule has 0 spiro atoms. The van der Waals surface area contributed by atoms with Crippen molar-refractivity contribution in [1.82, 2.24) is 14.9 Å². The summed E-state index contributed by atoms with van der Waals surface area (Å²) in [6.07, 6.45) is 0. The maximum Gasteiger partial charge on any atom is 0.272 e. The van der Waals surface area contributed by atoms with Crippen molar-refractivity contribution < 1.29 is 4.92 Å². The number of hydrogen-bond donors (Lipinski definition) is 1. The SMILES string of the molecule is Cc1cc(Sc2nnc(C(C)(C)C)n2N)ccc1[N+](=O)[O-]. The number of hydrogen-bond acceptors (Lipinski definition) is 6. The van der Waals surface area contributed by atoms with Crippen LogP contribution in [0, 0.1) is 17.0 Å². The third-order valence-corrected chi connectivity index (χ3v) is 3.86. The van der Waals surface area contributed by atoms with Crippen LogP contribution >= 0.6 is 11.8 Å². The first-order valence-electron chi connectivity index (χ1n) is 6.34. The van der Waals surface area contributed by atoms with Crippen molar-refractivity contribution in [2.24, 2.45) is 0 Å². The molecule has 0 amide bonds. The minimum atomic E-state index is -0.396. The highest BCUT2D eigenvalue weighted by atomic mass is 32.2. The fraction of sp³-hybridized carbons (Fsp3) is 0.385. The highest BCUT2D eigenvalue weighted by molar-refractivity contribution is 7.99. The van der Waals surface area contributed by atoms with Gasteiger partial charge in [0.15, 0.2) is 5.82 Å². The van der Waals surface area contributed by atoms with Crippen molar-refractivity contribution in [1.29, 1.82) is 0 Å². The minimum Gasteiger partial charge on any atom is -0.336 e. The van der Waals surface area contributed by atoms with Gasteiger partial charge in [0.2, 0.25) is 5.16 Å².